The second kappa shape index (κ2) is 2.97. The highest BCUT2D eigenvalue weighted by Gasteiger charge is 2.09. The first-order valence-electron chi connectivity index (χ1n) is 4.67. The predicted molar refractivity (Wildman–Crippen MR) is 54.6 cm³/mol. The molecule has 0 radical (unpaired) electrons. The first kappa shape index (κ1) is 8.99. The van der Waals surface area contributed by atoms with Crippen LogP contribution in [0.15, 0.2) is 17.1 Å². The molecule has 0 aliphatic heterocycles. The minimum atomic E-state index is -0.0561. The van der Waals surface area contributed by atoms with Crippen LogP contribution in [0.4, 0.5) is 0 Å². The molecule has 0 aliphatic rings. The van der Waals surface area contributed by atoms with E-state index in [-0.39, 0.29) is 5.56 Å². The van der Waals surface area contributed by atoms with Gasteiger partial charge in [0.1, 0.15) is 0 Å². The molecule has 0 spiro atoms. The molecule has 0 amide bonds. The molecular weight excluding hydrogens is 178 g/mol. The van der Waals surface area contributed by atoms with E-state index in [0.717, 1.165) is 16.9 Å². The lowest BCUT2D eigenvalue weighted by molar-refractivity contribution is 0.867. The van der Waals surface area contributed by atoms with Gasteiger partial charge >= 0.3 is 0 Å². The van der Waals surface area contributed by atoms with E-state index in [1.807, 2.05) is 13.1 Å². The van der Waals surface area contributed by atoms with Crippen LogP contribution in [0.5, 0.6) is 0 Å². The maximum Gasteiger partial charge on any atom is 0.272 e. The average Bonchev–Trinajstić information content (AvgIpc) is 2.47. The summed E-state index contributed by atoms with van der Waals surface area (Å²) in [4.78, 5) is 15.9. The third-order valence-electron chi connectivity index (χ3n) is 2.28. The Bertz CT molecular complexity index is 522. The number of aromatic nitrogens is 3. The third-order valence-corrected chi connectivity index (χ3v) is 2.28. The van der Waals surface area contributed by atoms with Crippen LogP contribution in [0.1, 0.15) is 31.0 Å². The molecule has 0 unspecified atom stereocenters. The zero-order chi connectivity index (χ0) is 10.3. The van der Waals surface area contributed by atoms with E-state index in [2.05, 4.69) is 23.9 Å². The van der Waals surface area contributed by atoms with E-state index in [0.29, 0.717) is 5.92 Å². The van der Waals surface area contributed by atoms with Gasteiger partial charge in [-0.25, -0.2) is 9.50 Å². The van der Waals surface area contributed by atoms with E-state index in [4.69, 9.17) is 0 Å². The summed E-state index contributed by atoms with van der Waals surface area (Å²) in [5.41, 5.74) is 2.52. The highest BCUT2D eigenvalue weighted by atomic mass is 16.1. The zero-order valence-corrected chi connectivity index (χ0v) is 8.53. The van der Waals surface area contributed by atoms with E-state index < -0.39 is 0 Å². The molecule has 0 bridgehead atoms. The van der Waals surface area contributed by atoms with Gasteiger partial charge in [-0.15, -0.1) is 0 Å². The van der Waals surface area contributed by atoms with E-state index in [1.54, 1.807) is 0 Å². The summed E-state index contributed by atoms with van der Waals surface area (Å²) in [5, 5.41) is 2.91. The molecule has 74 valence electrons. The van der Waals surface area contributed by atoms with E-state index >= 15 is 0 Å². The molecule has 4 heteroatoms. The fourth-order valence-electron chi connectivity index (χ4n) is 1.54. The molecule has 2 rings (SSSR count). The second-order valence-electron chi connectivity index (χ2n) is 3.78. The topological polar surface area (TPSA) is 50.2 Å². The van der Waals surface area contributed by atoms with Crippen molar-refractivity contribution in [2.45, 2.75) is 26.7 Å². The van der Waals surface area contributed by atoms with Gasteiger partial charge in [-0.2, -0.15) is 0 Å². The van der Waals surface area contributed by atoms with Gasteiger partial charge in [0, 0.05) is 23.5 Å². The lowest BCUT2D eigenvalue weighted by atomic mass is 10.1. The van der Waals surface area contributed by atoms with Crippen LogP contribution in [-0.2, 0) is 0 Å². The molecule has 2 aromatic heterocycles. The minimum absolute atomic E-state index is 0.0561. The van der Waals surface area contributed by atoms with Gasteiger partial charge in [-0.05, 0) is 12.8 Å². The van der Waals surface area contributed by atoms with Crippen molar-refractivity contribution in [2.75, 3.05) is 0 Å². The standard InChI is InChI=1S/C10H13N3O/c1-6(2)8-5-11-13-9(14)4-7(3)12-10(8)13/h4-6,11H,1-3H3. The summed E-state index contributed by atoms with van der Waals surface area (Å²) >= 11 is 0. The summed E-state index contributed by atoms with van der Waals surface area (Å²) in [7, 11) is 0. The summed E-state index contributed by atoms with van der Waals surface area (Å²) in [6.07, 6.45) is 1.84. The fraction of sp³-hybridized carbons (Fsp3) is 0.400. The predicted octanol–water partition coefficient (Wildman–Crippen LogP) is 1.45. The van der Waals surface area contributed by atoms with Crippen molar-refractivity contribution >= 4 is 5.65 Å². The average molecular weight is 191 g/mol. The number of nitrogens with one attached hydrogen (secondary N) is 1. The molecule has 2 aromatic rings. The van der Waals surface area contributed by atoms with Crippen LogP contribution in [0, 0.1) is 6.92 Å². The van der Waals surface area contributed by atoms with Gasteiger partial charge in [-0.1, -0.05) is 13.8 Å². The largest absolute Gasteiger partial charge is 0.297 e. The van der Waals surface area contributed by atoms with Crippen molar-refractivity contribution in [1.29, 1.82) is 0 Å². The van der Waals surface area contributed by atoms with Gasteiger partial charge < -0.3 is 0 Å². The Morgan fingerprint density at radius 1 is 1.50 bits per heavy atom. The molecule has 14 heavy (non-hydrogen) atoms. The van der Waals surface area contributed by atoms with Crippen molar-refractivity contribution in [3.8, 4) is 0 Å². The number of H-pyrrole nitrogens is 1. The first-order valence-corrected chi connectivity index (χ1v) is 4.67. The molecule has 0 aliphatic carbocycles. The molecule has 0 atom stereocenters. The van der Waals surface area contributed by atoms with Crippen LogP contribution >= 0.6 is 0 Å². The Balaban J connectivity index is 2.85. The fourth-order valence-corrected chi connectivity index (χ4v) is 1.54. The Morgan fingerprint density at radius 2 is 2.21 bits per heavy atom. The third kappa shape index (κ3) is 1.23. The second-order valence-corrected chi connectivity index (χ2v) is 3.78. The van der Waals surface area contributed by atoms with Crippen LogP contribution in [-0.4, -0.2) is 14.6 Å². The Morgan fingerprint density at radius 3 is 2.86 bits per heavy atom. The van der Waals surface area contributed by atoms with Crippen molar-refractivity contribution in [3.63, 3.8) is 0 Å². The molecule has 0 saturated heterocycles. The molecule has 0 saturated carbocycles. The maximum absolute atomic E-state index is 11.5. The number of rotatable bonds is 1. The van der Waals surface area contributed by atoms with Crippen LogP contribution in [0.2, 0.25) is 0 Å². The van der Waals surface area contributed by atoms with Gasteiger partial charge in [0.2, 0.25) is 0 Å². The lowest BCUT2D eigenvalue weighted by Gasteiger charge is -2.01. The van der Waals surface area contributed by atoms with E-state index in [1.165, 1.54) is 10.6 Å². The number of fused-ring (bicyclic) bond motifs is 1. The molecular formula is C10H13N3O. The van der Waals surface area contributed by atoms with Gasteiger partial charge in [0.25, 0.3) is 5.56 Å². The van der Waals surface area contributed by atoms with E-state index in [9.17, 15) is 4.79 Å². The van der Waals surface area contributed by atoms with Crippen molar-refractivity contribution < 1.29 is 0 Å². The van der Waals surface area contributed by atoms with Crippen molar-refractivity contribution in [1.82, 2.24) is 14.6 Å². The number of aryl methyl sites for hydroxylation is 1. The summed E-state index contributed by atoms with van der Waals surface area (Å²) < 4.78 is 1.47. The van der Waals surface area contributed by atoms with Crippen LogP contribution < -0.4 is 5.56 Å². The normalized spacial score (nSPS) is 11.4. The monoisotopic (exact) mass is 191 g/mol. The Hall–Kier alpha value is -1.58. The Kier molecular flexibility index (Phi) is 1.91. The highest BCUT2D eigenvalue weighted by molar-refractivity contribution is 5.48. The molecule has 2 heterocycles. The lowest BCUT2D eigenvalue weighted by Crippen LogP contribution is -2.14. The number of aromatic amines is 1. The Labute approximate surface area is 81.6 Å². The first-order chi connectivity index (χ1) is 6.59. The summed E-state index contributed by atoms with van der Waals surface area (Å²) in [6.45, 7) is 5.99. The smallest absolute Gasteiger partial charge is 0.272 e. The summed E-state index contributed by atoms with van der Waals surface area (Å²) in [5.74, 6) is 0.366. The molecule has 0 aromatic carbocycles. The minimum Gasteiger partial charge on any atom is -0.297 e. The molecule has 0 fully saturated rings. The SMILES string of the molecule is Cc1cc(=O)n2[nH]cc(C(C)C)c2n1. The quantitative estimate of drug-likeness (QED) is 0.741. The molecule has 1 N–H and O–H groups in total. The van der Waals surface area contributed by atoms with Crippen LogP contribution in [0.3, 0.4) is 0 Å². The van der Waals surface area contributed by atoms with Crippen LogP contribution in [0.25, 0.3) is 5.65 Å². The molecule has 4 nitrogen and oxygen atoms in total. The van der Waals surface area contributed by atoms with Gasteiger partial charge in [0.15, 0.2) is 5.65 Å². The number of hydrogen-bond donors (Lipinski definition) is 1. The maximum atomic E-state index is 11.5. The summed E-state index contributed by atoms with van der Waals surface area (Å²) in [6, 6.07) is 1.52. The number of hydrogen-bond acceptors (Lipinski definition) is 2. The zero-order valence-electron chi connectivity index (χ0n) is 8.53. The van der Waals surface area contributed by atoms with Gasteiger partial charge in [0.05, 0.1) is 0 Å². The van der Waals surface area contributed by atoms with Gasteiger partial charge in [-0.3, -0.25) is 9.89 Å². The van der Waals surface area contributed by atoms with Crippen molar-refractivity contribution in [2.24, 2.45) is 0 Å². The highest BCUT2D eigenvalue weighted by Crippen LogP contribution is 2.17. The number of nitrogens with zero attached hydrogens (tertiary/aromatic N) is 2. The van der Waals surface area contributed by atoms with Crippen molar-refractivity contribution in [3.05, 3.63) is 33.9 Å².